The van der Waals surface area contributed by atoms with Crippen molar-refractivity contribution in [2.24, 2.45) is 0 Å². The summed E-state index contributed by atoms with van der Waals surface area (Å²) in [5.41, 5.74) is 2.76. The minimum absolute atomic E-state index is 0.0159. The molecule has 0 radical (unpaired) electrons. The van der Waals surface area contributed by atoms with E-state index in [-0.39, 0.29) is 6.04 Å². The van der Waals surface area contributed by atoms with Crippen molar-refractivity contribution >= 4 is 0 Å². The van der Waals surface area contributed by atoms with Crippen LogP contribution in [0.5, 0.6) is 0 Å². The molecular weight excluding hydrogens is 268 g/mol. The van der Waals surface area contributed by atoms with Crippen molar-refractivity contribution in [1.29, 1.82) is 0 Å². The van der Waals surface area contributed by atoms with Crippen LogP contribution < -0.4 is 5.32 Å². The molecule has 0 bridgehead atoms. The first kappa shape index (κ1) is 15.6. The largest absolute Gasteiger partial charge is 0.310 e. The number of aryl methyl sites for hydroxylation is 1. The van der Waals surface area contributed by atoms with Gasteiger partial charge in [0.05, 0.1) is 0 Å². The van der Waals surface area contributed by atoms with Gasteiger partial charge in [-0.15, -0.1) is 0 Å². The first-order valence-electron chi connectivity index (χ1n) is 7.40. The SMILES string of the molecule is CCNC(Cc1cccc(F)c1F)c1cccc(CC)c1. The Kier molecular flexibility index (Phi) is 5.45. The third kappa shape index (κ3) is 3.88. The lowest BCUT2D eigenvalue weighted by Gasteiger charge is -2.19. The van der Waals surface area contributed by atoms with Crippen molar-refractivity contribution in [2.75, 3.05) is 6.54 Å². The van der Waals surface area contributed by atoms with Crippen LogP contribution in [0.15, 0.2) is 42.5 Å². The topological polar surface area (TPSA) is 12.0 Å². The summed E-state index contributed by atoms with van der Waals surface area (Å²) in [5, 5.41) is 3.36. The third-order valence-corrected chi connectivity index (χ3v) is 3.67. The number of halogens is 2. The Bertz CT molecular complexity index is 596. The van der Waals surface area contributed by atoms with Crippen molar-refractivity contribution in [3.8, 4) is 0 Å². The summed E-state index contributed by atoms with van der Waals surface area (Å²) >= 11 is 0. The van der Waals surface area contributed by atoms with Gasteiger partial charge in [-0.2, -0.15) is 0 Å². The van der Waals surface area contributed by atoms with Crippen molar-refractivity contribution in [1.82, 2.24) is 5.32 Å². The quantitative estimate of drug-likeness (QED) is 0.830. The highest BCUT2D eigenvalue weighted by molar-refractivity contribution is 5.29. The van der Waals surface area contributed by atoms with Gasteiger partial charge in [0, 0.05) is 6.04 Å². The molecule has 1 atom stereocenters. The Labute approximate surface area is 125 Å². The average molecular weight is 289 g/mol. The van der Waals surface area contributed by atoms with Gasteiger partial charge < -0.3 is 5.32 Å². The first-order valence-corrected chi connectivity index (χ1v) is 7.40. The Balaban J connectivity index is 2.28. The lowest BCUT2D eigenvalue weighted by molar-refractivity contribution is 0.481. The van der Waals surface area contributed by atoms with Gasteiger partial charge in [0.1, 0.15) is 0 Å². The van der Waals surface area contributed by atoms with E-state index < -0.39 is 11.6 Å². The van der Waals surface area contributed by atoms with Crippen molar-refractivity contribution < 1.29 is 8.78 Å². The molecule has 0 aliphatic heterocycles. The van der Waals surface area contributed by atoms with E-state index in [1.165, 1.54) is 5.56 Å². The summed E-state index contributed by atoms with van der Waals surface area (Å²) in [5.74, 6) is -1.53. The molecule has 2 aromatic carbocycles. The Hall–Kier alpha value is -1.74. The molecule has 2 aromatic rings. The van der Waals surface area contributed by atoms with E-state index >= 15 is 0 Å². The number of rotatable bonds is 6. The molecule has 1 N–H and O–H groups in total. The highest BCUT2D eigenvalue weighted by Gasteiger charge is 2.15. The van der Waals surface area contributed by atoms with Gasteiger partial charge in [-0.25, -0.2) is 8.78 Å². The lowest BCUT2D eigenvalue weighted by atomic mass is 9.96. The van der Waals surface area contributed by atoms with Crippen LogP contribution in [0.2, 0.25) is 0 Å². The number of hydrogen-bond donors (Lipinski definition) is 1. The first-order chi connectivity index (χ1) is 10.2. The van der Waals surface area contributed by atoms with E-state index in [9.17, 15) is 8.78 Å². The summed E-state index contributed by atoms with van der Waals surface area (Å²) in [6.45, 7) is 4.89. The molecule has 0 aliphatic rings. The summed E-state index contributed by atoms with van der Waals surface area (Å²) in [7, 11) is 0. The van der Waals surface area contributed by atoms with E-state index in [2.05, 4.69) is 24.4 Å². The van der Waals surface area contributed by atoms with Crippen LogP contribution >= 0.6 is 0 Å². The fraction of sp³-hybridized carbons (Fsp3) is 0.333. The molecule has 21 heavy (non-hydrogen) atoms. The Morgan fingerprint density at radius 2 is 1.81 bits per heavy atom. The predicted octanol–water partition coefficient (Wildman–Crippen LogP) is 4.42. The smallest absolute Gasteiger partial charge is 0.162 e. The molecule has 0 saturated carbocycles. The highest BCUT2D eigenvalue weighted by atomic mass is 19.2. The maximum absolute atomic E-state index is 13.9. The van der Waals surface area contributed by atoms with Gasteiger partial charge in [-0.3, -0.25) is 0 Å². The second-order valence-electron chi connectivity index (χ2n) is 5.13. The van der Waals surface area contributed by atoms with Gasteiger partial charge in [0.2, 0.25) is 0 Å². The minimum atomic E-state index is -0.787. The second-order valence-corrected chi connectivity index (χ2v) is 5.13. The van der Waals surface area contributed by atoms with Crippen LogP contribution in [0.3, 0.4) is 0 Å². The van der Waals surface area contributed by atoms with Crippen molar-refractivity contribution in [3.05, 3.63) is 70.8 Å². The van der Waals surface area contributed by atoms with E-state index in [1.54, 1.807) is 12.1 Å². The molecule has 0 fully saturated rings. The number of likely N-dealkylation sites (N-methyl/N-ethyl adjacent to an activating group) is 1. The van der Waals surface area contributed by atoms with E-state index in [4.69, 9.17) is 0 Å². The third-order valence-electron chi connectivity index (χ3n) is 3.67. The van der Waals surface area contributed by atoms with Crippen LogP contribution in [0.25, 0.3) is 0 Å². The van der Waals surface area contributed by atoms with E-state index in [1.807, 2.05) is 19.1 Å². The molecule has 0 amide bonds. The lowest BCUT2D eigenvalue weighted by Crippen LogP contribution is -2.23. The van der Waals surface area contributed by atoms with Crippen LogP contribution in [0, 0.1) is 11.6 Å². The van der Waals surface area contributed by atoms with Gasteiger partial charge in [0.15, 0.2) is 11.6 Å². The zero-order valence-corrected chi connectivity index (χ0v) is 12.5. The molecule has 1 unspecified atom stereocenters. The summed E-state index contributed by atoms with van der Waals surface area (Å²) in [4.78, 5) is 0. The van der Waals surface area contributed by atoms with Gasteiger partial charge >= 0.3 is 0 Å². The molecule has 1 nitrogen and oxygen atoms in total. The molecule has 112 valence electrons. The van der Waals surface area contributed by atoms with Crippen LogP contribution in [-0.2, 0) is 12.8 Å². The molecule has 0 heterocycles. The summed E-state index contributed by atoms with van der Waals surface area (Å²) < 4.78 is 27.2. The van der Waals surface area contributed by atoms with Crippen LogP contribution in [0.1, 0.15) is 36.6 Å². The predicted molar refractivity (Wildman–Crippen MR) is 82.3 cm³/mol. The molecule has 0 aromatic heterocycles. The minimum Gasteiger partial charge on any atom is -0.310 e. The fourth-order valence-corrected chi connectivity index (χ4v) is 2.51. The molecule has 3 heteroatoms. The zero-order valence-electron chi connectivity index (χ0n) is 12.5. The maximum Gasteiger partial charge on any atom is 0.162 e. The molecule has 0 saturated heterocycles. The summed E-state index contributed by atoms with van der Waals surface area (Å²) in [6, 6.07) is 12.6. The normalized spacial score (nSPS) is 12.4. The second kappa shape index (κ2) is 7.32. The van der Waals surface area contributed by atoms with E-state index in [0.29, 0.717) is 12.0 Å². The molecule has 0 aliphatic carbocycles. The number of benzene rings is 2. The maximum atomic E-state index is 13.9. The van der Waals surface area contributed by atoms with Gasteiger partial charge in [-0.05, 0) is 42.1 Å². The van der Waals surface area contributed by atoms with Gasteiger partial charge in [0.25, 0.3) is 0 Å². The zero-order chi connectivity index (χ0) is 15.2. The summed E-state index contributed by atoms with van der Waals surface area (Å²) in [6.07, 6.45) is 1.39. The van der Waals surface area contributed by atoms with Crippen molar-refractivity contribution in [2.45, 2.75) is 32.7 Å². The monoisotopic (exact) mass is 289 g/mol. The van der Waals surface area contributed by atoms with E-state index in [0.717, 1.165) is 24.6 Å². The van der Waals surface area contributed by atoms with Crippen molar-refractivity contribution in [3.63, 3.8) is 0 Å². The molecule has 0 spiro atoms. The molecule has 2 rings (SSSR count). The molecular formula is C18H21F2N. The Morgan fingerprint density at radius 3 is 2.52 bits per heavy atom. The standard InChI is InChI=1S/C18H21F2N/c1-3-13-7-5-8-14(11-13)17(21-4-2)12-15-9-6-10-16(19)18(15)20/h5-11,17,21H,3-4,12H2,1-2H3. The fourth-order valence-electron chi connectivity index (χ4n) is 2.51. The number of nitrogens with one attached hydrogen (secondary N) is 1. The Morgan fingerprint density at radius 1 is 1.05 bits per heavy atom. The van der Waals surface area contributed by atoms with Crippen LogP contribution in [0.4, 0.5) is 8.78 Å². The van der Waals surface area contributed by atoms with Crippen LogP contribution in [-0.4, -0.2) is 6.54 Å². The van der Waals surface area contributed by atoms with Gasteiger partial charge in [-0.1, -0.05) is 50.2 Å². The average Bonchev–Trinajstić information content (AvgIpc) is 2.51. The highest BCUT2D eigenvalue weighted by Crippen LogP contribution is 2.22. The number of hydrogen-bond acceptors (Lipinski definition) is 1.